The molecule has 0 N–H and O–H groups in total. The molecule has 0 aliphatic heterocycles. The predicted molar refractivity (Wildman–Crippen MR) is 80.1 cm³/mol. The molecule has 0 aromatic carbocycles. The van der Waals surface area contributed by atoms with Gasteiger partial charge >= 0.3 is 0 Å². The fraction of sp³-hybridized carbons (Fsp3) is 1.00. The molecule has 1 unspecified atom stereocenters. The molecule has 0 rings (SSSR count). The highest BCUT2D eigenvalue weighted by atomic mass is 32.1. The van der Waals surface area contributed by atoms with Crippen LogP contribution in [0.25, 0.3) is 0 Å². The van der Waals surface area contributed by atoms with Crippen LogP contribution in [0.2, 0.25) is 0 Å². The summed E-state index contributed by atoms with van der Waals surface area (Å²) < 4.78 is 5.16. The van der Waals surface area contributed by atoms with Gasteiger partial charge in [-0.05, 0) is 39.1 Å². The Kier molecular flexibility index (Phi) is 12.9. The van der Waals surface area contributed by atoms with Gasteiger partial charge in [-0.2, -0.15) is 12.6 Å². The molecule has 0 heterocycles. The van der Waals surface area contributed by atoms with Crippen LogP contribution in [-0.2, 0) is 4.74 Å². The Hall–Kier alpha value is 0.270. The smallest absolute Gasteiger partial charge is 0.0615 e. The van der Waals surface area contributed by atoms with E-state index in [-0.39, 0.29) is 0 Å². The van der Waals surface area contributed by atoms with Crippen molar-refractivity contribution in [1.82, 2.24) is 4.90 Å². The molecule has 0 bridgehead atoms. The number of likely N-dealkylation sites (N-methyl/N-ethyl adjacent to an activating group) is 1. The van der Waals surface area contributed by atoms with Gasteiger partial charge in [-0.1, -0.05) is 32.1 Å². The second-order valence-electron chi connectivity index (χ2n) is 4.98. The van der Waals surface area contributed by atoms with Gasteiger partial charge in [0.2, 0.25) is 0 Å². The van der Waals surface area contributed by atoms with Crippen LogP contribution in [0, 0.1) is 0 Å². The van der Waals surface area contributed by atoms with Gasteiger partial charge < -0.3 is 9.64 Å². The zero-order valence-electron chi connectivity index (χ0n) is 12.0. The van der Waals surface area contributed by atoms with E-state index in [0.717, 1.165) is 12.4 Å². The van der Waals surface area contributed by atoms with E-state index in [9.17, 15) is 0 Å². The van der Waals surface area contributed by atoms with Gasteiger partial charge in [0.15, 0.2) is 0 Å². The van der Waals surface area contributed by atoms with E-state index >= 15 is 0 Å². The molecular formula is C14H31NOS. The van der Waals surface area contributed by atoms with Crippen LogP contribution in [0.5, 0.6) is 0 Å². The molecule has 0 aromatic rings. The summed E-state index contributed by atoms with van der Waals surface area (Å²) in [5.74, 6) is 1.04. The zero-order valence-corrected chi connectivity index (χ0v) is 12.8. The molecule has 0 aliphatic carbocycles. The predicted octanol–water partition coefficient (Wildman–Crippen LogP) is 3.61. The molecule has 0 saturated heterocycles. The Bertz CT molecular complexity index is 155. The first-order valence-electron chi connectivity index (χ1n) is 7.02. The lowest BCUT2D eigenvalue weighted by Gasteiger charge is -2.23. The number of nitrogens with zero attached hydrogens (tertiary/aromatic N) is 1. The maximum Gasteiger partial charge on any atom is 0.0615 e. The van der Waals surface area contributed by atoms with Gasteiger partial charge in [-0.25, -0.2) is 0 Å². The number of unbranched alkanes of at least 4 members (excludes halogenated alkanes) is 6. The Morgan fingerprint density at radius 1 is 1.00 bits per heavy atom. The van der Waals surface area contributed by atoms with Crippen molar-refractivity contribution in [2.45, 2.75) is 57.9 Å². The first-order chi connectivity index (χ1) is 8.22. The van der Waals surface area contributed by atoms with Crippen LogP contribution in [0.1, 0.15) is 51.9 Å². The SMILES string of the molecule is COCC(C)N(C)CCCCCCCCCS. The van der Waals surface area contributed by atoms with E-state index in [0.29, 0.717) is 6.04 Å². The average molecular weight is 261 g/mol. The quantitative estimate of drug-likeness (QED) is 0.425. The number of thiol groups is 1. The molecule has 0 aliphatic rings. The molecule has 0 radical (unpaired) electrons. The highest BCUT2D eigenvalue weighted by molar-refractivity contribution is 7.80. The molecule has 3 heteroatoms. The summed E-state index contributed by atoms with van der Waals surface area (Å²) in [6.45, 7) is 4.25. The Labute approximate surface area is 114 Å². The molecule has 17 heavy (non-hydrogen) atoms. The van der Waals surface area contributed by atoms with Crippen LogP contribution in [0.3, 0.4) is 0 Å². The summed E-state index contributed by atoms with van der Waals surface area (Å²) in [6.07, 6.45) is 9.48. The van der Waals surface area contributed by atoms with E-state index in [1.807, 2.05) is 0 Å². The van der Waals surface area contributed by atoms with Gasteiger partial charge in [0.25, 0.3) is 0 Å². The molecule has 0 amide bonds. The largest absolute Gasteiger partial charge is 0.383 e. The standard InChI is InChI=1S/C14H31NOS/c1-14(13-16-3)15(2)11-9-7-5-4-6-8-10-12-17/h14,17H,4-13H2,1-3H3. The van der Waals surface area contributed by atoms with E-state index in [1.165, 1.54) is 51.5 Å². The number of hydrogen-bond donors (Lipinski definition) is 1. The lowest BCUT2D eigenvalue weighted by Crippen LogP contribution is -2.33. The fourth-order valence-corrected chi connectivity index (χ4v) is 2.17. The van der Waals surface area contributed by atoms with Crippen LogP contribution in [0.15, 0.2) is 0 Å². The normalized spacial score (nSPS) is 13.2. The molecule has 1 atom stereocenters. The Morgan fingerprint density at radius 2 is 1.53 bits per heavy atom. The Balaban J connectivity index is 3.21. The lowest BCUT2D eigenvalue weighted by atomic mass is 10.1. The summed E-state index contributed by atoms with van der Waals surface area (Å²) in [4.78, 5) is 2.39. The maximum atomic E-state index is 5.16. The summed E-state index contributed by atoms with van der Waals surface area (Å²) in [7, 11) is 3.96. The maximum absolute atomic E-state index is 5.16. The van der Waals surface area contributed by atoms with Crippen LogP contribution in [0.4, 0.5) is 0 Å². The molecule has 0 aromatic heterocycles. The minimum Gasteiger partial charge on any atom is -0.383 e. The summed E-state index contributed by atoms with van der Waals surface area (Å²) >= 11 is 4.22. The van der Waals surface area contributed by atoms with Crippen molar-refractivity contribution in [2.24, 2.45) is 0 Å². The topological polar surface area (TPSA) is 12.5 Å². The van der Waals surface area contributed by atoms with E-state index in [2.05, 4.69) is 31.5 Å². The van der Waals surface area contributed by atoms with Gasteiger partial charge in [0.1, 0.15) is 0 Å². The number of methoxy groups -OCH3 is 1. The highest BCUT2D eigenvalue weighted by Gasteiger charge is 2.07. The van der Waals surface area contributed by atoms with E-state index in [1.54, 1.807) is 7.11 Å². The zero-order chi connectivity index (χ0) is 12.9. The van der Waals surface area contributed by atoms with Crippen molar-refractivity contribution in [3.05, 3.63) is 0 Å². The van der Waals surface area contributed by atoms with Gasteiger partial charge in [0.05, 0.1) is 6.61 Å². The fourth-order valence-electron chi connectivity index (χ4n) is 1.95. The van der Waals surface area contributed by atoms with E-state index in [4.69, 9.17) is 4.74 Å². The van der Waals surface area contributed by atoms with Crippen molar-refractivity contribution >= 4 is 12.6 Å². The third-order valence-electron chi connectivity index (χ3n) is 3.33. The van der Waals surface area contributed by atoms with Gasteiger partial charge in [0, 0.05) is 13.2 Å². The monoisotopic (exact) mass is 261 g/mol. The minimum atomic E-state index is 0.537. The summed E-state index contributed by atoms with van der Waals surface area (Å²) in [6, 6.07) is 0.537. The highest BCUT2D eigenvalue weighted by Crippen LogP contribution is 2.08. The number of hydrogen-bond acceptors (Lipinski definition) is 3. The third-order valence-corrected chi connectivity index (χ3v) is 3.65. The molecule has 0 fully saturated rings. The van der Waals surface area contributed by atoms with Gasteiger partial charge in [-0.3, -0.25) is 0 Å². The van der Waals surface area contributed by atoms with Crippen molar-refractivity contribution in [2.75, 3.05) is 33.1 Å². The van der Waals surface area contributed by atoms with Crippen molar-refractivity contribution in [3.8, 4) is 0 Å². The molecular weight excluding hydrogens is 230 g/mol. The second kappa shape index (κ2) is 12.7. The first kappa shape index (κ1) is 17.3. The van der Waals surface area contributed by atoms with Crippen LogP contribution in [-0.4, -0.2) is 44.0 Å². The van der Waals surface area contributed by atoms with Crippen molar-refractivity contribution < 1.29 is 4.74 Å². The molecule has 104 valence electrons. The molecule has 2 nitrogen and oxygen atoms in total. The molecule has 0 saturated carbocycles. The average Bonchev–Trinajstić information content (AvgIpc) is 2.32. The molecule has 0 spiro atoms. The summed E-state index contributed by atoms with van der Waals surface area (Å²) in [5.41, 5.74) is 0. The lowest BCUT2D eigenvalue weighted by molar-refractivity contribution is 0.114. The van der Waals surface area contributed by atoms with Crippen molar-refractivity contribution in [3.63, 3.8) is 0 Å². The third kappa shape index (κ3) is 11.1. The second-order valence-corrected chi connectivity index (χ2v) is 5.43. The van der Waals surface area contributed by atoms with Crippen molar-refractivity contribution in [1.29, 1.82) is 0 Å². The Morgan fingerprint density at radius 3 is 2.06 bits per heavy atom. The van der Waals surface area contributed by atoms with E-state index < -0.39 is 0 Å². The van der Waals surface area contributed by atoms with Crippen LogP contribution < -0.4 is 0 Å². The number of rotatable bonds is 12. The van der Waals surface area contributed by atoms with Gasteiger partial charge in [-0.15, -0.1) is 0 Å². The first-order valence-corrected chi connectivity index (χ1v) is 7.65. The minimum absolute atomic E-state index is 0.537. The van der Waals surface area contributed by atoms with Crippen LogP contribution >= 0.6 is 12.6 Å². The number of ether oxygens (including phenoxy) is 1. The summed E-state index contributed by atoms with van der Waals surface area (Å²) in [5, 5.41) is 0.